The fourth-order valence-electron chi connectivity index (χ4n) is 9.52. The largest absolute Gasteiger partial charge is 0.461 e. The molecule has 0 amide bonds. The SMILES string of the molecule is OC12COC[C@H]3C[C@H]3c3c(Cl)cc4[nH]ncc4c3-c3ncc4c(nc(OC[C@@]56CCCN5C[C@H](F)C6)nc4c3F)N3CCOC(C3)(C1)C2. The fourth-order valence-corrected chi connectivity index (χ4v) is 9.86. The second-order valence-corrected chi connectivity index (χ2v) is 15.4. The summed E-state index contributed by atoms with van der Waals surface area (Å²) < 4.78 is 50.5. The molecule has 1 spiro atoms. The number of morpholine rings is 1. The molecule has 3 saturated heterocycles. The van der Waals surface area contributed by atoms with E-state index in [2.05, 4.69) is 25.0 Å². The molecule has 4 atom stereocenters. The summed E-state index contributed by atoms with van der Waals surface area (Å²) in [6.45, 7) is 3.48. The number of nitrogens with one attached hydrogen (secondary N) is 1. The van der Waals surface area contributed by atoms with Gasteiger partial charge in [0.25, 0.3) is 0 Å². The van der Waals surface area contributed by atoms with Gasteiger partial charge in [0.1, 0.15) is 29.8 Å². The van der Waals surface area contributed by atoms with E-state index >= 15 is 4.39 Å². The molecule has 2 saturated carbocycles. The molecule has 2 N–H and O–H groups in total. The van der Waals surface area contributed by atoms with E-state index in [1.165, 1.54) is 0 Å². The van der Waals surface area contributed by atoms with Crippen LogP contribution in [0.15, 0.2) is 18.5 Å². The Morgan fingerprint density at radius 1 is 1.19 bits per heavy atom. The Balaban J connectivity index is 1.14. The smallest absolute Gasteiger partial charge is 0.319 e. The number of nitrogens with zero attached hydrogens (tertiary/aromatic N) is 6. The van der Waals surface area contributed by atoms with Crippen molar-refractivity contribution in [3.8, 4) is 17.3 Å². The van der Waals surface area contributed by atoms with Crippen molar-refractivity contribution in [2.24, 2.45) is 5.92 Å². The number of ether oxygens (including phenoxy) is 3. The number of aliphatic hydroxyl groups is 1. The quantitative estimate of drug-likeness (QED) is 0.319. The lowest BCUT2D eigenvalue weighted by molar-refractivity contribution is -0.227. The van der Waals surface area contributed by atoms with Crippen LogP contribution in [0.4, 0.5) is 14.6 Å². The maximum absolute atomic E-state index is 17.2. The van der Waals surface area contributed by atoms with Gasteiger partial charge in [-0.1, -0.05) is 11.6 Å². The maximum atomic E-state index is 17.2. The van der Waals surface area contributed by atoms with Gasteiger partial charge in [0.15, 0.2) is 5.82 Å². The summed E-state index contributed by atoms with van der Waals surface area (Å²) in [5, 5.41) is 20.3. The summed E-state index contributed by atoms with van der Waals surface area (Å²) >= 11 is 6.94. The summed E-state index contributed by atoms with van der Waals surface area (Å²) in [5.74, 6) is 0.0711. The van der Waals surface area contributed by atoms with Crippen LogP contribution >= 0.6 is 11.6 Å². The third-order valence-corrected chi connectivity index (χ3v) is 12.0. The Bertz CT molecular complexity index is 1970. The summed E-state index contributed by atoms with van der Waals surface area (Å²) in [4.78, 5) is 18.5. The highest BCUT2D eigenvalue weighted by atomic mass is 35.5. The normalized spacial score (nSPS) is 34.2. The number of halogens is 3. The highest BCUT2D eigenvalue weighted by Gasteiger charge is 2.57. The average Bonchev–Trinajstić information content (AvgIpc) is 3.31. The van der Waals surface area contributed by atoms with Crippen LogP contribution in [0.25, 0.3) is 33.1 Å². The van der Waals surface area contributed by atoms with E-state index in [1.807, 2.05) is 6.07 Å². The van der Waals surface area contributed by atoms with E-state index in [9.17, 15) is 9.50 Å². The van der Waals surface area contributed by atoms with Gasteiger partial charge in [0.05, 0.1) is 53.7 Å². The number of alkyl halides is 1. The molecular weight excluding hydrogens is 644 g/mol. The molecule has 14 heteroatoms. The lowest BCUT2D eigenvalue weighted by Crippen LogP contribution is -2.67. The Labute approximate surface area is 279 Å². The van der Waals surface area contributed by atoms with Gasteiger partial charge < -0.3 is 24.2 Å². The predicted molar refractivity (Wildman–Crippen MR) is 173 cm³/mol. The number of aromatic amines is 1. The first-order chi connectivity index (χ1) is 23.2. The lowest BCUT2D eigenvalue weighted by atomic mass is 9.66. The van der Waals surface area contributed by atoms with Crippen LogP contribution in [-0.2, 0) is 9.47 Å². The number of H-pyrrole nitrogens is 1. The minimum Gasteiger partial charge on any atom is -0.461 e. The summed E-state index contributed by atoms with van der Waals surface area (Å²) in [5.41, 5.74) is 0.275. The van der Waals surface area contributed by atoms with Crippen LogP contribution in [0.5, 0.6) is 6.01 Å². The molecule has 252 valence electrons. The second-order valence-electron chi connectivity index (χ2n) is 15.0. The molecule has 7 bridgehead atoms. The predicted octanol–water partition coefficient (Wildman–Crippen LogP) is 4.55. The van der Waals surface area contributed by atoms with E-state index in [0.29, 0.717) is 84.8 Å². The van der Waals surface area contributed by atoms with Gasteiger partial charge in [0.2, 0.25) is 0 Å². The second kappa shape index (κ2) is 10.4. The van der Waals surface area contributed by atoms with E-state index in [1.54, 1.807) is 12.4 Å². The van der Waals surface area contributed by atoms with Crippen LogP contribution in [-0.4, -0.2) is 111 Å². The van der Waals surface area contributed by atoms with Gasteiger partial charge in [0, 0.05) is 61.1 Å². The highest BCUT2D eigenvalue weighted by molar-refractivity contribution is 6.33. The Hall–Kier alpha value is -3.23. The third kappa shape index (κ3) is 4.50. The molecule has 0 unspecified atom stereocenters. The van der Waals surface area contributed by atoms with Crippen LogP contribution in [0.3, 0.4) is 0 Å². The Kier molecular flexibility index (Phi) is 6.42. The standard InChI is InChI=1S/C34H36ClF2N7O4/c35-23-7-24-21(10-39-42-24)26-25(23)20-6-18(20)12-46-17-33(45)13-34(14-33)15-43(4-5-48-34)30-22-9-38-29(26)27(37)28(22)40-31(41-30)47-16-32-2-1-3-44(32)11-19(36)8-32/h7,9-10,18-20,45H,1-6,8,11-17H2,(H,39,42)/t18-,19-,20-,32+,33?,34?/m1/s1. The molecule has 12 rings (SSSR count). The van der Waals surface area contributed by atoms with Crippen LogP contribution in [0.2, 0.25) is 5.02 Å². The van der Waals surface area contributed by atoms with Crippen molar-refractivity contribution >= 4 is 39.2 Å². The monoisotopic (exact) mass is 679 g/mol. The maximum Gasteiger partial charge on any atom is 0.319 e. The van der Waals surface area contributed by atoms with Gasteiger partial charge in [-0.3, -0.25) is 15.0 Å². The Morgan fingerprint density at radius 3 is 2.98 bits per heavy atom. The number of rotatable bonds is 3. The number of benzene rings is 1. The zero-order chi connectivity index (χ0) is 32.4. The molecule has 0 radical (unpaired) electrons. The van der Waals surface area contributed by atoms with Gasteiger partial charge in [-0.2, -0.15) is 15.1 Å². The first-order valence-corrected chi connectivity index (χ1v) is 17.3. The first-order valence-electron chi connectivity index (χ1n) is 17.0. The first kappa shape index (κ1) is 29.7. The molecule has 3 aromatic heterocycles. The molecule has 6 aliphatic heterocycles. The van der Waals surface area contributed by atoms with Crippen molar-refractivity contribution in [2.75, 3.05) is 57.5 Å². The average molecular weight is 680 g/mol. The number of pyridine rings is 1. The van der Waals surface area contributed by atoms with Crippen LogP contribution in [0, 0.1) is 11.7 Å². The lowest BCUT2D eigenvalue weighted by Gasteiger charge is -2.56. The number of fused-ring (bicyclic) bond motifs is 2. The summed E-state index contributed by atoms with van der Waals surface area (Å²) in [6.07, 6.45) is 6.26. The van der Waals surface area contributed by atoms with Gasteiger partial charge in [-0.05, 0) is 49.3 Å². The topological polar surface area (TPSA) is 122 Å². The van der Waals surface area contributed by atoms with E-state index in [4.69, 9.17) is 35.8 Å². The fraction of sp³-hybridized carbons (Fsp3) is 0.588. The van der Waals surface area contributed by atoms with E-state index < -0.39 is 28.7 Å². The molecule has 9 heterocycles. The molecule has 5 fully saturated rings. The number of anilines is 1. The van der Waals surface area contributed by atoms with Crippen molar-refractivity contribution in [1.29, 1.82) is 0 Å². The van der Waals surface area contributed by atoms with E-state index in [0.717, 1.165) is 31.4 Å². The minimum absolute atomic E-state index is 0.0228. The Morgan fingerprint density at radius 2 is 2.08 bits per heavy atom. The molecule has 8 aliphatic rings. The number of hydrogen-bond acceptors (Lipinski definition) is 10. The van der Waals surface area contributed by atoms with Crippen molar-refractivity contribution in [3.05, 3.63) is 34.9 Å². The highest BCUT2D eigenvalue weighted by Crippen LogP contribution is 2.55. The van der Waals surface area contributed by atoms with Crippen molar-refractivity contribution in [2.45, 2.75) is 67.4 Å². The molecule has 2 aliphatic carbocycles. The summed E-state index contributed by atoms with van der Waals surface area (Å²) in [7, 11) is 0. The van der Waals surface area contributed by atoms with Crippen molar-refractivity contribution in [1.82, 2.24) is 30.0 Å². The number of hydrogen-bond donors (Lipinski definition) is 2. The third-order valence-electron chi connectivity index (χ3n) is 11.7. The van der Waals surface area contributed by atoms with Crippen molar-refractivity contribution < 1.29 is 28.1 Å². The van der Waals surface area contributed by atoms with E-state index in [-0.39, 0.29) is 42.3 Å². The molecule has 4 aromatic rings. The molecule has 48 heavy (non-hydrogen) atoms. The van der Waals surface area contributed by atoms with Crippen molar-refractivity contribution in [3.63, 3.8) is 0 Å². The van der Waals surface area contributed by atoms with Gasteiger partial charge in [-0.25, -0.2) is 8.78 Å². The molecule has 1 aromatic carbocycles. The molecular formula is C34H36ClF2N7O4. The number of aromatic nitrogens is 5. The van der Waals surface area contributed by atoms with Crippen LogP contribution < -0.4 is 9.64 Å². The zero-order valence-corrected chi connectivity index (χ0v) is 27.1. The minimum atomic E-state index is -0.994. The van der Waals surface area contributed by atoms with Gasteiger partial charge >= 0.3 is 6.01 Å². The van der Waals surface area contributed by atoms with Gasteiger partial charge in [-0.15, -0.1) is 0 Å². The summed E-state index contributed by atoms with van der Waals surface area (Å²) in [6, 6.07) is 1.86. The molecule has 11 nitrogen and oxygen atoms in total. The van der Waals surface area contributed by atoms with Crippen LogP contribution in [0.1, 0.15) is 50.0 Å². The zero-order valence-electron chi connectivity index (χ0n) is 26.4.